The Kier molecular flexibility index (Phi) is 3.78. The van der Waals surface area contributed by atoms with Gasteiger partial charge in [-0.25, -0.2) is 12.8 Å². The molecule has 2 N–H and O–H groups in total. The third kappa shape index (κ3) is 3.24. The van der Waals surface area contributed by atoms with Gasteiger partial charge in [0.05, 0.1) is 21.4 Å². The van der Waals surface area contributed by atoms with Gasteiger partial charge in [0.1, 0.15) is 5.82 Å². The minimum Gasteiger partial charge on any atom is -0.398 e. The fourth-order valence-electron chi connectivity index (χ4n) is 1.63. The quantitative estimate of drug-likeness (QED) is 0.700. The van der Waals surface area contributed by atoms with Crippen molar-refractivity contribution in [2.24, 2.45) is 0 Å². The molecule has 0 aromatic heterocycles. The minimum atomic E-state index is -3.53. The molecule has 0 saturated heterocycles. The first-order valence-corrected chi connectivity index (χ1v) is 7.44. The summed E-state index contributed by atoms with van der Waals surface area (Å²) in [5.74, 6) is -0.685. The first kappa shape index (κ1) is 13.8. The monoisotopic (exact) mass is 299 g/mol. The lowest BCUT2D eigenvalue weighted by molar-refractivity contribution is 0.594. The van der Waals surface area contributed by atoms with Crippen molar-refractivity contribution in [2.45, 2.75) is 10.6 Å². The lowest BCUT2D eigenvalue weighted by Crippen LogP contribution is -2.05. The summed E-state index contributed by atoms with van der Waals surface area (Å²) in [5, 5.41) is 0.378. The Hall–Kier alpha value is -1.59. The average Bonchev–Trinajstić information content (AvgIpc) is 2.34. The zero-order chi connectivity index (χ0) is 14.0. The smallest absolute Gasteiger partial charge is 0.182 e. The number of anilines is 1. The molecule has 0 saturated carbocycles. The van der Waals surface area contributed by atoms with Gasteiger partial charge in [0.25, 0.3) is 0 Å². The van der Waals surface area contributed by atoms with E-state index in [0.717, 1.165) is 12.1 Å². The van der Waals surface area contributed by atoms with Crippen molar-refractivity contribution in [3.8, 4) is 0 Å². The van der Waals surface area contributed by atoms with Crippen LogP contribution in [0.25, 0.3) is 0 Å². The van der Waals surface area contributed by atoms with Gasteiger partial charge in [-0.2, -0.15) is 0 Å². The third-order valence-electron chi connectivity index (χ3n) is 2.59. The molecule has 19 heavy (non-hydrogen) atoms. The molecule has 0 spiro atoms. The average molecular weight is 300 g/mol. The van der Waals surface area contributed by atoms with Crippen LogP contribution in [0, 0.1) is 5.82 Å². The van der Waals surface area contributed by atoms with E-state index in [4.69, 9.17) is 17.3 Å². The van der Waals surface area contributed by atoms with Crippen molar-refractivity contribution in [1.82, 2.24) is 0 Å². The number of hydrogen-bond acceptors (Lipinski definition) is 3. The standard InChI is InChI=1S/C13H11ClFNO2S/c14-12-6-1-9(7-13(12)16)8-19(17,18)11-4-2-10(15)3-5-11/h1-7H,8,16H2. The Balaban J connectivity index is 2.30. The van der Waals surface area contributed by atoms with Crippen LogP contribution in [-0.2, 0) is 15.6 Å². The Labute approximate surface area is 115 Å². The van der Waals surface area contributed by atoms with E-state index in [2.05, 4.69) is 0 Å². The summed E-state index contributed by atoms with van der Waals surface area (Å²) in [7, 11) is -3.53. The van der Waals surface area contributed by atoms with Gasteiger partial charge in [-0.15, -0.1) is 0 Å². The maximum atomic E-state index is 12.8. The molecule has 2 aromatic carbocycles. The number of rotatable bonds is 3. The Morgan fingerprint density at radius 1 is 1.11 bits per heavy atom. The van der Waals surface area contributed by atoms with Crippen LogP contribution in [0.3, 0.4) is 0 Å². The summed E-state index contributed by atoms with van der Waals surface area (Å²) in [6.45, 7) is 0. The highest BCUT2D eigenvalue weighted by molar-refractivity contribution is 7.90. The number of halogens is 2. The first-order chi connectivity index (χ1) is 8.88. The van der Waals surface area contributed by atoms with E-state index >= 15 is 0 Å². The maximum Gasteiger partial charge on any atom is 0.182 e. The van der Waals surface area contributed by atoms with Crippen LogP contribution >= 0.6 is 11.6 Å². The van der Waals surface area contributed by atoms with Crippen molar-refractivity contribution in [3.05, 3.63) is 58.9 Å². The molecule has 0 aliphatic heterocycles. The van der Waals surface area contributed by atoms with E-state index in [1.165, 1.54) is 18.2 Å². The van der Waals surface area contributed by atoms with E-state index in [9.17, 15) is 12.8 Å². The molecular formula is C13H11ClFNO2S. The second kappa shape index (κ2) is 5.19. The van der Waals surface area contributed by atoms with Crippen LogP contribution < -0.4 is 5.73 Å². The van der Waals surface area contributed by atoms with Gasteiger partial charge >= 0.3 is 0 Å². The molecule has 0 bridgehead atoms. The van der Waals surface area contributed by atoms with Crippen molar-refractivity contribution >= 4 is 27.1 Å². The second-order valence-electron chi connectivity index (χ2n) is 4.07. The highest BCUT2D eigenvalue weighted by Gasteiger charge is 2.15. The third-order valence-corrected chi connectivity index (χ3v) is 4.64. The van der Waals surface area contributed by atoms with Gasteiger partial charge in [-0.3, -0.25) is 0 Å². The topological polar surface area (TPSA) is 60.2 Å². The van der Waals surface area contributed by atoms with Crippen molar-refractivity contribution < 1.29 is 12.8 Å². The number of nitrogens with two attached hydrogens (primary N) is 1. The minimum absolute atomic E-state index is 0.0717. The molecule has 2 aromatic rings. The lowest BCUT2D eigenvalue weighted by atomic mass is 10.2. The Bertz CT molecular complexity index is 699. The molecular weight excluding hydrogens is 289 g/mol. The summed E-state index contributed by atoms with van der Waals surface area (Å²) in [4.78, 5) is 0.0717. The number of sulfone groups is 1. The molecule has 0 radical (unpaired) electrons. The fraction of sp³-hybridized carbons (Fsp3) is 0.0769. The van der Waals surface area contributed by atoms with Crippen molar-refractivity contribution in [3.63, 3.8) is 0 Å². The molecule has 6 heteroatoms. The molecule has 3 nitrogen and oxygen atoms in total. The van der Waals surface area contributed by atoms with Crippen LogP contribution in [0.2, 0.25) is 5.02 Å². The number of hydrogen-bond donors (Lipinski definition) is 1. The summed E-state index contributed by atoms with van der Waals surface area (Å²) < 4.78 is 37.0. The molecule has 0 heterocycles. The van der Waals surface area contributed by atoms with E-state index in [1.807, 2.05) is 0 Å². The van der Waals surface area contributed by atoms with Gasteiger partial charge in [0, 0.05) is 0 Å². The predicted molar refractivity (Wildman–Crippen MR) is 73.2 cm³/mol. The van der Waals surface area contributed by atoms with Crippen molar-refractivity contribution in [1.29, 1.82) is 0 Å². The van der Waals surface area contributed by atoms with Gasteiger partial charge in [0.2, 0.25) is 0 Å². The van der Waals surface area contributed by atoms with E-state index in [0.29, 0.717) is 16.3 Å². The largest absolute Gasteiger partial charge is 0.398 e. The first-order valence-electron chi connectivity index (χ1n) is 5.41. The van der Waals surface area contributed by atoms with Gasteiger partial charge in [-0.05, 0) is 42.0 Å². The van der Waals surface area contributed by atoms with E-state index in [1.54, 1.807) is 12.1 Å². The van der Waals surface area contributed by atoms with Crippen LogP contribution in [0.15, 0.2) is 47.4 Å². The van der Waals surface area contributed by atoms with Crippen molar-refractivity contribution in [2.75, 3.05) is 5.73 Å². The highest BCUT2D eigenvalue weighted by atomic mass is 35.5. The molecule has 0 atom stereocenters. The summed E-state index contributed by atoms with van der Waals surface area (Å²) in [6, 6.07) is 9.37. The summed E-state index contributed by atoms with van der Waals surface area (Å²) >= 11 is 5.77. The molecule has 0 amide bonds. The lowest BCUT2D eigenvalue weighted by Gasteiger charge is -2.06. The Morgan fingerprint density at radius 2 is 1.74 bits per heavy atom. The molecule has 0 aliphatic carbocycles. The molecule has 100 valence electrons. The summed E-state index contributed by atoms with van der Waals surface area (Å²) in [5.41, 5.74) is 6.48. The van der Waals surface area contributed by atoms with Gasteiger partial charge in [-0.1, -0.05) is 17.7 Å². The number of nitrogen functional groups attached to an aromatic ring is 1. The molecule has 0 fully saturated rings. The highest BCUT2D eigenvalue weighted by Crippen LogP contribution is 2.23. The van der Waals surface area contributed by atoms with Crippen LogP contribution in [-0.4, -0.2) is 8.42 Å². The van der Waals surface area contributed by atoms with Crippen LogP contribution in [0.5, 0.6) is 0 Å². The Morgan fingerprint density at radius 3 is 2.32 bits per heavy atom. The zero-order valence-corrected chi connectivity index (χ0v) is 11.4. The van der Waals surface area contributed by atoms with Crippen LogP contribution in [0.1, 0.15) is 5.56 Å². The molecule has 0 aliphatic rings. The number of benzene rings is 2. The second-order valence-corrected chi connectivity index (χ2v) is 6.47. The van der Waals surface area contributed by atoms with Gasteiger partial charge in [0.15, 0.2) is 9.84 Å². The zero-order valence-electron chi connectivity index (χ0n) is 9.81. The summed E-state index contributed by atoms with van der Waals surface area (Å²) in [6.07, 6.45) is 0. The molecule has 0 unspecified atom stereocenters. The van der Waals surface area contributed by atoms with Gasteiger partial charge < -0.3 is 5.73 Å². The SMILES string of the molecule is Nc1cc(CS(=O)(=O)c2ccc(F)cc2)ccc1Cl. The molecule has 2 rings (SSSR count). The maximum absolute atomic E-state index is 12.8. The fourth-order valence-corrected chi connectivity index (χ4v) is 3.08. The van der Waals surface area contributed by atoms with E-state index in [-0.39, 0.29) is 10.6 Å². The van der Waals surface area contributed by atoms with E-state index < -0.39 is 15.7 Å². The predicted octanol–water partition coefficient (Wildman–Crippen LogP) is 3.04. The normalized spacial score (nSPS) is 11.5. The van der Waals surface area contributed by atoms with Crippen LogP contribution in [0.4, 0.5) is 10.1 Å².